The first-order valence-corrected chi connectivity index (χ1v) is 8.95. The van der Waals surface area contributed by atoms with E-state index in [1.54, 1.807) is 6.07 Å². The molecule has 0 unspecified atom stereocenters. The van der Waals surface area contributed by atoms with E-state index in [2.05, 4.69) is 39.4 Å². The Balaban J connectivity index is 2.63. The highest BCUT2D eigenvalue weighted by atomic mass is 79.9. The quantitative estimate of drug-likeness (QED) is 0.693. The van der Waals surface area contributed by atoms with Gasteiger partial charge in [-0.1, -0.05) is 13.8 Å². The SMILES string of the molecule is CCCN(CC)CCNS(=O)(=O)c1ccc(N)c(Br)c1. The molecular weight excluding hydrogens is 342 g/mol. The maximum atomic E-state index is 12.1. The minimum atomic E-state index is -3.48. The molecule has 7 heteroatoms. The lowest BCUT2D eigenvalue weighted by molar-refractivity contribution is 0.293. The fourth-order valence-electron chi connectivity index (χ4n) is 1.84. The average Bonchev–Trinajstić information content (AvgIpc) is 2.40. The van der Waals surface area contributed by atoms with Crippen LogP contribution in [0.5, 0.6) is 0 Å². The van der Waals surface area contributed by atoms with Crippen LogP contribution in [0.15, 0.2) is 27.6 Å². The summed E-state index contributed by atoms with van der Waals surface area (Å²) in [6.07, 6.45) is 1.06. The molecule has 0 aliphatic carbocycles. The Morgan fingerprint density at radius 3 is 2.55 bits per heavy atom. The van der Waals surface area contributed by atoms with Crippen molar-refractivity contribution in [2.24, 2.45) is 0 Å². The number of nitrogen functional groups attached to an aromatic ring is 1. The molecule has 20 heavy (non-hydrogen) atoms. The Morgan fingerprint density at radius 1 is 1.30 bits per heavy atom. The van der Waals surface area contributed by atoms with E-state index in [-0.39, 0.29) is 4.90 Å². The lowest BCUT2D eigenvalue weighted by atomic mass is 10.3. The zero-order valence-electron chi connectivity index (χ0n) is 11.9. The molecule has 1 rings (SSSR count). The van der Waals surface area contributed by atoms with Crippen LogP contribution in [0.3, 0.4) is 0 Å². The van der Waals surface area contributed by atoms with Crippen LogP contribution in [-0.4, -0.2) is 39.5 Å². The van der Waals surface area contributed by atoms with Crippen molar-refractivity contribution < 1.29 is 8.42 Å². The van der Waals surface area contributed by atoms with Gasteiger partial charge in [0.1, 0.15) is 0 Å². The van der Waals surface area contributed by atoms with Gasteiger partial charge in [0.05, 0.1) is 4.90 Å². The Bertz CT molecular complexity index is 534. The van der Waals surface area contributed by atoms with Gasteiger partial charge >= 0.3 is 0 Å². The number of nitrogens with one attached hydrogen (secondary N) is 1. The molecule has 0 saturated heterocycles. The second-order valence-electron chi connectivity index (χ2n) is 4.52. The molecule has 0 saturated carbocycles. The topological polar surface area (TPSA) is 75.4 Å². The number of rotatable bonds is 8. The molecule has 0 heterocycles. The van der Waals surface area contributed by atoms with E-state index in [4.69, 9.17) is 5.73 Å². The molecule has 1 aromatic rings. The lowest BCUT2D eigenvalue weighted by Gasteiger charge is -2.19. The van der Waals surface area contributed by atoms with E-state index in [0.29, 0.717) is 23.2 Å². The van der Waals surface area contributed by atoms with E-state index in [0.717, 1.165) is 19.5 Å². The van der Waals surface area contributed by atoms with Gasteiger partial charge in [-0.25, -0.2) is 13.1 Å². The number of hydrogen-bond acceptors (Lipinski definition) is 4. The van der Waals surface area contributed by atoms with Crippen molar-refractivity contribution in [1.29, 1.82) is 0 Å². The van der Waals surface area contributed by atoms with E-state index < -0.39 is 10.0 Å². The third-order valence-corrected chi connectivity index (χ3v) is 5.13. The van der Waals surface area contributed by atoms with Gasteiger partial charge in [0, 0.05) is 23.2 Å². The zero-order chi connectivity index (χ0) is 15.2. The standard InChI is InChI=1S/C13H22BrN3O2S/c1-3-8-17(4-2)9-7-16-20(18,19)11-5-6-13(15)12(14)10-11/h5-6,10,16H,3-4,7-9,15H2,1-2H3. The first kappa shape index (κ1) is 17.4. The smallest absolute Gasteiger partial charge is 0.240 e. The number of sulfonamides is 1. The van der Waals surface area contributed by atoms with Crippen LogP contribution >= 0.6 is 15.9 Å². The van der Waals surface area contributed by atoms with E-state index in [1.165, 1.54) is 12.1 Å². The number of nitrogens with two attached hydrogens (primary N) is 1. The lowest BCUT2D eigenvalue weighted by Crippen LogP contribution is -2.35. The average molecular weight is 364 g/mol. The summed E-state index contributed by atoms with van der Waals surface area (Å²) in [7, 11) is -3.48. The molecule has 0 aromatic heterocycles. The van der Waals surface area contributed by atoms with Crippen LogP contribution in [0.1, 0.15) is 20.3 Å². The second kappa shape index (κ2) is 7.97. The largest absolute Gasteiger partial charge is 0.398 e. The molecule has 3 N–H and O–H groups in total. The van der Waals surface area contributed by atoms with Crippen LogP contribution in [0.25, 0.3) is 0 Å². The molecule has 0 aliphatic rings. The minimum absolute atomic E-state index is 0.220. The van der Waals surface area contributed by atoms with Crippen molar-refractivity contribution in [2.75, 3.05) is 31.9 Å². The first-order chi connectivity index (χ1) is 9.40. The predicted molar refractivity (Wildman–Crippen MR) is 86.1 cm³/mol. The summed E-state index contributed by atoms with van der Waals surface area (Å²) in [5.41, 5.74) is 6.17. The van der Waals surface area contributed by atoms with Crippen molar-refractivity contribution in [2.45, 2.75) is 25.2 Å². The summed E-state index contributed by atoms with van der Waals surface area (Å²) < 4.78 is 27.5. The van der Waals surface area contributed by atoms with Gasteiger partial charge in [0.15, 0.2) is 0 Å². The fourth-order valence-corrected chi connectivity index (χ4v) is 3.42. The highest BCUT2D eigenvalue weighted by Gasteiger charge is 2.15. The summed E-state index contributed by atoms with van der Waals surface area (Å²) in [5, 5.41) is 0. The summed E-state index contributed by atoms with van der Waals surface area (Å²) in [6, 6.07) is 4.60. The van der Waals surface area contributed by atoms with Crippen LogP contribution < -0.4 is 10.5 Å². The zero-order valence-corrected chi connectivity index (χ0v) is 14.3. The van der Waals surface area contributed by atoms with Crippen LogP contribution in [0.2, 0.25) is 0 Å². The van der Waals surface area contributed by atoms with Crippen molar-refractivity contribution in [3.63, 3.8) is 0 Å². The summed E-state index contributed by atoms with van der Waals surface area (Å²) in [5.74, 6) is 0. The van der Waals surface area contributed by atoms with Crippen molar-refractivity contribution in [3.8, 4) is 0 Å². The van der Waals surface area contributed by atoms with Crippen LogP contribution in [-0.2, 0) is 10.0 Å². The third-order valence-electron chi connectivity index (χ3n) is 2.99. The molecule has 0 aliphatic heterocycles. The number of nitrogens with zero attached hydrogens (tertiary/aromatic N) is 1. The summed E-state index contributed by atoms with van der Waals surface area (Å²) in [6.45, 7) is 7.19. The third kappa shape index (κ3) is 5.05. The van der Waals surface area contributed by atoms with Gasteiger partial charge in [-0.2, -0.15) is 0 Å². The first-order valence-electron chi connectivity index (χ1n) is 6.67. The monoisotopic (exact) mass is 363 g/mol. The molecule has 0 atom stereocenters. The Kier molecular flexibility index (Phi) is 6.94. The maximum absolute atomic E-state index is 12.1. The van der Waals surface area contributed by atoms with Gasteiger partial charge < -0.3 is 10.6 Å². The van der Waals surface area contributed by atoms with Crippen LogP contribution in [0, 0.1) is 0 Å². The number of hydrogen-bond donors (Lipinski definition) is 2. The normalized spacial score (nSPS) is 12.0. The highest BCUT2D eigenvalue weighted by Crippen LogP contribution is 2.22. The van der Waals surface area contributed by atoms with Crippen LogP contribution in [0.4, 0.5) is 5.69 Å². The molecule has 1 aromatic carbocycles. The van der Waals surface area contributed by atoms with Gasteiger partial charge in [-0.05, 0) is 53.6 Å². The predicted octanol–water partition coefficient (Wildman–Crippen LogP) is 2.04. The van der Waals surface area contributed by atoms with Gasteiger partial charge in [0.25, 0.3) is 0 Å². The summed E-state index contributed by atoms with van der Waals surface area (Å²) in [4.78, 5) is 2.43. The van der Waals surface area contributed by atoms with E-state index in [9.17, 15) is 8.42 Å². The molecule has 114 valence electrons. The second-order valence-corrected chi connectivity index (χ2v) is 7.14. The molecule has 0 bridgehead atoms. The Labute approximate surface area is 129 Å². The van der Waals surface area contributed by atoms with E-state index in [1.807, 2.05) is 0 Å². The Hall–Kier alpha value is -0.630. The maximum Gasteiger partial charge on any atom is 0.240 e. The van der Waals surface area contributed by atoms with Gasteiger partial charge in [0.2, 0.25) is 10.0 Å². The molecule has 0 spiro atoms. The van der Waals surface area contributed by atoms with Gasteiger partial charge in [-0.3, -0.25) is 0 Å². The number of anilines is 1. The number of benzene rings is 1. The number of halogens is 1. The molecule has 5 nitrogen and oxygen atoms in total. The molecule has 0 amide bonds. The molecule has 0 fully saturated rings. The molecule has 0 radical (unpaired) electrons. The minimum Gasteiger partial charge on any atom is -0.398 e. The Morgan fingerprint density at radius 2 is 2.00 bits per heavy atom. The van der Waals surface area contributed by atoms with E-state index >= 15 is 0 Å². The molecular formula is C13H22BrN3O2S. The van der Waals surface area contributed by atoms with Crippen molar-refractivity contribution in [3.05, 3.63) is 22.7 Å². The highest BCUT2D eigenvalue weighted by molar-refractivity contribution is 9.10. The number of likely N-dealkylation sites (N-methyl/N-ethyl adjacent to an activating group) is 1. The van der Waals surface area contributed by atoms with Gasteiger partial charge in [-0.15, -0.1) is 0 Å². The van der Waals surface area contributed by atoms with Crippen molar-refractivity contribution in [1.82, 2.24) is 9.62 Å². The van der Waals surface area contributed by atoms with Crippen molar-refractivity contribution >= 4 is 31.6 Å². The fraction of sp³-hybridized carbons (Fsp3) is 0.538. The summed E-state index contributed by atoms with van der Waals surface area (Å²) >= 11 is 3.24.